The first-order chi connectivity index (χ1) is 10.0. The third-order valence-corrected chi connectivity index (χ3v) is 4.79. The SMILES string of the molecule is COc1ccc(CC(CN)Cc2c(Br)c(C)nn2C)cc1. The molecule has 1 heterocycles. The third-order valence-electron chi connectivity index (χ3n) is 3.76. The van der Waals surface area contributed by atoms with E-state index < -0.39 is 0 Å². The second kappa shape index (κ2) is 7.09. The van der Waals surface area contributed by atoms with Gasteiger partial charge in [0.1, 0.15) is 5.75 Å². The molecular weight excluding hydrogens is 330 g/mol. The van der Waals surface area contributed by atoms with Gasteiger partial charge in [0.25, 0.3) is 0 Å². The molecule has 5 heteroatoms. The summed E-state index contributed by atoms with van der Waals surface area (Å²) in [5, 5.41) is 4.44. The van der Waals surface area contributed by atoms with Crippen molar-refractivity contribution in [2.24, 2.45) is 18.7 Å². The van der Waals surface area contributed by atoms with Crippen LogP contribution >= 0.6 is 15.9 Å². The Kier molecular flexibility index (Phi) is 5.42. The van der Waals surface area contributed by atoms with Gasteiger partial charge in [-0.25, -0.2) is 0 Å². The molecule has 4 nitrogen and oxygen atoms in total. The summed E-state index contributed by atoms with van der Waals surface area (Å²) in [4.78, 5) is 0. The van der Waals surface area contributed by atoms with E-state index in [1.165, 1.54) is 11.3 Å². The van der Waals surface area contributed by atoms with Gasteiger partial charge in [-0.15, -0.1) is 0 Å². The molecule has 1 aromatic carbocycles. The molecule has 0 bridgehead atoms. The van der Waals surface area contributed by atoms with E-state index in [9.17, 15) is 0 Å². The lowest BCUT2D eigenvalue weighted by molar-refractivity contribution is 0.414. The van der Waals surface area contributed by atoms with Crippen LogP contribution < -0.4 is 10.5 Å². The van der Waals surface area contributed by atoms with Crippen LogP contribution in [0, 0.1) is 12.8 Å². The number of aromatic nitrogens is 2. The number of benzene rings is 1. The molecule has 0 aliphatic carbocycles. The number of ether oxygens (including phenoxy) is 1. The maximum Gasteiger partial charge on any atom is 0.118 e. The third kappa shape index (κ3) is 3.86. The molecule has 1 atom stereocenters. The van der Waals surface area contributed by atoms with Crippen LogP contribution in [0.15, 0.2) is 28.7 Å². The number of hydrogen-bond donors (Lipinski definition) is 1. The van der Waals surface area contributed by atoms with E-state index >= 15 is 0 Å². The van der Waals surface area contributed by atoms with Crippen molar-refractivity contribution in [1.82, 2.24) is 9.78 Å². The summed E-state index contributed by atoms with van der Waals surface area (Å²) in [7, 11) is 3.66. The largest absolute Gasteiger partial charge is 0.497 e. The van der Waals surface area contributed by atoms with Crippen LogP contribution in [0.2, 0.25) is 0 Å². The first-order valence-corrected chi connectivity index (χ1v) is 7.85. The average Bonchev–Trinajstić information content (AvgIpc) is 2.73. The predicted molar refractivity (Wildman–Crippen MR) is 88.6 cm³/mol. The molecule has 2 N–H and O–H groups in total. The highest BCUT2D eigenvalue weighted by atomic mass is 79.9. The summed E-state index contributed by atoms with van der Waals surface area (Å²) < 4.78 is 8.22. The second-order valence-corrected chi connectivity index (χ2v) is 6.12. The van der Waals surface area contributed by atoms with E-state index in [0.29, 0.717) is 12.5 Å². The topological polar surface area (TPSA) is 53.1 Å². The Balaban J connectivity index is 2.09. The van der Waals surface area contributed by atoms with Crippen molar-refractivity contribution in [2.75, 3.05) is 13.7 Å². The van der Waals surface area contributed by atoms with Gasteiger partial charge in [-0.1, -0.05) is 12.1 Å². The summed E-state index contributed by atoms with van der Waals surface area (Å²) in [6.07, 6.45) is 1.87. The molecule has 0 radical (unpaired) electrons. The van der Waals surface area contributed by atoms with Crippen LogP contribution in [0.5, 0.6) is 5.75 Å². The number of methoxy groups -OCH3 is 1. The highest BCUT2D eigenvalue weighted by Crippen LogP contribution is 2.24. The van der Waals surface area contributed by atoms with Crippen molar-refractivity contribution in [2.45, 2.75) is 19.8 Å². The predicted octanol–water partition coefficient (Wildman–Crippen LogP) is 2.86. The molecule has 21 heavy (non-hydrogen) atoms. The van der Waals surface area contributed by atoms with Crippen molar-refractivity contribution in [3.8, 4) is 5.75 Å². The number of halogens is 1. The highest BCUT2D eigenvalue weighted by Gasteiger charge is 2.16. The first-order valence-electron chi connectivity index (χ1n) is 7.06. The van der Waals surface area contributed by atoms with Gasteiger partial charge in [-0.2, -0.15) is 5.10 Å². The molecule has 0 saturated carbocycles. The van der Waals surface area contributed by atoms with Gasteiger partial charge in [0.15, 0.2) is 0 Å². The van der Waals surface area contributed by atoms with Gasteiger partial charge in [0.05, 0.1) is 23.0 Å². The molecule has 0 fully saturated rings. The van der Waals surface area contributed by atoms with Crippen molar-refractivity contribution in [3.05, 3.63) is 45.7 Å². The van der Waals surface area contributed by atoms with Crippen molar-refractivity contribution in [3.63, 3.8) is 0 Å². The van der Waals surface area contributed by atoms with E-state index in [-0.39, 0.29) is 0 Å². The molecule has 0 aliphatic rings. The zero-order valence-corrected chi connectivity index (χ0v) is 14.4. The lowest BCUT2D eigenvalue weighted by atomic mass is 9.94. The zero-order chi connectivity index (χ0) is 15.4. The standard InChI is InChI=1S/C16H22BrN3O/c1-11-16(17)15(20(2)19-11)9-13(10-18)8-12-4-6-14(21-3)7-5-12/h4-7,13H,8-10,18H2,1-3H3. The Labute approximate surface area is 134 Å². The van der Waals surface area contributed by atoms with Crippen LogP contribution in [0.3, 0.4) is 0 Å². The summed E-state index contributed by atoms with van der Waals surface area (Å²) >= 11 is 3.62. The molecular formula is C16H22BrN3O. The van der Waals surface area contributed by atoms with Gasteiger partial charge in [-0.05, 0) is 65.9 Å². The van der Waals surface area contributed by atoms with Crippen LogP contribution in [0.1, 0.15) is 17.0 Å². The molecule has 0 amide bonds. The maximum absolute atomic E-state index is 5.96. The maximum atomic E-state index is 5.96. The van der Waals surface area contributed by atoms with Crippen LogP contribution in [-0.4, -0.2) is 23.4 Å². The fourth-order valence-electron chi connectivity index (χ4n) is 2.51. The Morgan fingerprint density at radius 3 is 2.43 bits per heavy atom. The number of nitrogens with zero attached hydrogens (tertiary/aromatic N) is 2. The summed E-state index contributed by atoms with van der Waals surface area (Å²) in [5.41, 5.74) is 9.47. The molecule has 2 rings (SSSR count). The Morgan fingerprint density at radius 2 is 1.95 bits per heavy atom. The Morgan fingerprint density at radius 1 is 1.29 bits per heavy atom. The minimum atomic E-state index is 0.393. The van der Waals surface area contributed by atoms with E-state index in [1.807, 2.05) is 30.8 Å². The lowest BCUT2D eigenvalue weighted by Gasteiger charge is -2.15. The van der Waals surface area contributed by atoms with Crippen molar-refractivity contribution < 1.29 is 4.74 Å². The number of aryl methyl sites for hydroxylation is 2. The molecule has 0 spiro atoms. The minimum Gasteiger partial charge on any atom is -0.497 e. The van der Waals surface area contributed by atoms with Crippen LogP contribution in [-0.2, 0) is 19.9 Å². The van der Waals surface area contributed by atoms with Gasteiger partial charge >= 0.3 is 0 Å². The fourth-order valence-corrected chi connectivity index (χ4v) is 3.01. The molecule has 1 aromatic heterocycles. The van der Waals surface area contributed by atoms with E-state index in [0.717, 1.165) is 28.8 Å². The number of nitrogens with two attached hydrogens (primary N) is 1. The van der Waals surface area contributed by atoms with E-state index in [1.54, 1.807) is 7.11 Å². The van der Waals surface area contributed by atoms with Crippen molar-refractivity contribution in [1.29, 1.82) is 0 Å². The smallest absolute Gasteiger partial charge is 0.118 e. The average molecular weight is 352 g/mol. The summed E-state index contributed by atoms with van der Waals surface area (Å²) in [5.74, 6) is 1.28. The number of hydrogen-bond acceptors (Lipinski definition) is 3. The minimum absolute atomic E-state index is 0.393. The lowest BCUT2D eigenvalue weighted by Crippen LogP contribution is -2.20. The zero-order valence-electron chi connectivity index (χ0n) is 12.8. The van der Waals surface area contributed by atoms with Gasteiger partial charge in [0, 0.05) is 7.05 Å². The summed E-state index contributed by atoms with van der Waals surface area (Å²) in [6, 6.07) is 8.19. The molecule has 1 unspecified atom stereocenters. The molecule has 0 aliphatic heterocycles. The van der Waals surface area contributed by atoms with Crippen molar-refractivity contribution >= 4 is 15.9 Å². The molecule has 114 valence electrons. The normalized spacial score (nSPS) is 12.4. The van der Waals surface area contributed by atoms with Gasteiger partial charge < -0.3 is 10.5 Å². The monoisotopic (exact) mass is 351 g/mol. The quantitative estimate of drug-likeness (QED) is 0.870. The second-order valence-electron chi connectivity index (χ2n) is 5.33. The van der Waals surface area contributed by atoms with E-state index in [2.05, 4.69) is 33.2 Å². The Hall–Kier alpha value is -1.33. The number of rotatable bonds is 6. The van der Waals surface area contributed by atoms with Crippen LogP contribution in [0.4, 0.5) is 0 Å². The fraction of sp³-hybridized carbons (Fsp3) is 0.438. The van der Waals surface area contributed by atoms with Gasteiger partial charge in [-0.3, -0.25) is 4.68 Å². The summed E-state index contributed by atoms with van der Waals surface area (Å²) in [6.45, 7) is 2.66. The van der Waals surface area contributed by atoms with Gasteiger partial charge in [0.2, 0.25) is 0 Å². The first kappa shape index (κ1) is 16.0. The molecule has 2 aromatic rings. The highest BCUT2D eigenvalue weighted by molar-refractivity contribution is 9.10. The molecule has 0 saturated heterocycles. The van der Waals surface area contributed by atoms with Crippen LogP contribution in [0.25, 0.3) is 0 Å². The Bertz CT molecular complexity index is 592. The van der Waals surface area contributed by atoms with E-state index in [4.69, 9.17) is 10.5 Å².